The maximum atomic E-state index is 13.7. The second kappa shape index (κ2) is 15.1. The molecule has 4 N–H and O–H groups in total. The average molecular weight is 595 g/mol. The molecule has 1 saturated heterocycles. The van der Waals surface area contributed by atoms with E-state index in [0.29, 0.717) is 29.8 Å². The molecule has 4 rings (SSSR count). The Morgan fingerprint density at radius 1 is 1.29 bits per heavy atom. The van der Waals surface area contributed by atoms with E-state index in [1.165, 1.54) is 7.11 Å². The monoisotopic (exact) mass is 594 g/mol. The molecule has 3 aromatic rings. The number of nitrogens with two attached hydrogens (primary N) is 1. The molecule has 2 aromatic heterocycles. The Labute approximate surface area is 239 Å². The van der Waals surface area contributed by atoms with E-state index >= 15 is 0 Å². The fourth-order valence-electron chi connectivity index (χ4n) is 4.33. The molecule has 1 aliphatic heterocycles. The van der Waals surface area contributed by atoms with Crippen LogP contribution in [0.3, 0.4) is 0 Å². The van der Waals surface area contributed by atoms with Gasteiger partial charge in [-0.05, 0) is 31.4 Å². The fraction of sp³-hybridized carbons (Fsp3) is 0.538. The number of rotatable bonds is 15. The third-order valence-electron chi connectivity index (χ3n) is 6.25. The lowest BCUT2D eigenvalue weighted by Crippen LogP contribution is -2.27. The highest BCUT2D eigenvalue weighted by Gasteiger charge is 2.39. The molecule has 1 fully saturated rings. The number of ether oxygens (including phenoxy) is 3. The van der Waals surface area contributed by atoms with Crippen LogP contribution in [0.5, 0.6) is 11.6 Å². The van der Waals surface area contributed by atoms with Crippen LogP contribution in [0.4, 0.5) is 5.95 Å². The molecule has 0 amide bonds. The van der Waals surface area contributed by atoms with Crippen molar-refractivity contribution < 1.29 is 37.7 Å². The molecule has 15 heteroatoms. The Kier molecular flexibility index (Phi) is 11.9. The Balaban J connectivity index is 0.00000462. The summed E-state index contributed by atoms with van der Waals surface area (Å²) in [4.78, 5) is 24.9. The predicted molar refractivity (Wildman–Crippen MR) is 151 cm³/mol. The highest BCUT2D eigenvalue weighted by Crippen LogP contribution is 2.46. The van der Waals surface area contributed by atoms with Gasteiger partial charge >= 0.3 is 13.7 Å². The Bertz CT molecular complexity index is 1310. The van der Waals surface area contributed by atoms with Crippen molar-refractivity contribution in [1.82, 2.24) is 24.6 Å². The van der Waals surface area contributed by atoms with Crippen molar-refractivity contribution in [3.63, 3.8) is 0 Å². The molecular formula is C26H39N6O8P. The molecule has 226 valence electrons. The minimum atomic E-state index is -4.01. The zero-order valence-electron chi connectivity index (χ0n) is 22.5. The number of carbonyl (C=O) groups is 1. The number of esters is 1. The Hall–Kier alpha value is -3.29. The van der Waals surface area contributed by atoms with E-state index in [4.69, 9.17) is 29.0 Å². The minimum absolute atomic E-state index is 0. The first-order valence-corrected chi connectivity index (χ1v) is 14.6. The number of anilines is 1. The number of aliphatic hydroxyl groups is 1. The lowest BCUT2D eigenvalue weighted by atomic mass is 10.00. The Morgan fingerprint density at radius 3 is 2.78 bits per heavy atom. The van der Waals surface area contributed by atoms with Crippen molar-refractivity contribution in [1.29, 1.82) is 0 Å². The van der Waals surface area contributed by atoms with Crippen LogP contribution in [-0.2, 0) is 23.4 Å². The number of methoxy groups -OCH3 is 1. The second-order valence-electron chi connectivity index (χ2n) is 9.18. The topological polar surface area (TPSA) is 182 Å². The summed E-state index contributed by atoms with van der Waals surface area (Å²) in [5, 5.41) is 12.3. The van der Waals surface area contributed by atoms with Gasteiger partial charge in [0.05, 0.1) is 32.8 Å². The maximum absolute atomic E-state index is 13.7. The van der Waals surface area contributed by atoms with Crippen LogP contribution in [0.1, 0.15) is 46.3 Å². The van der Waals surface area contributed by atoms with Gasteiger partial charge in [-0.25, -0.2) is 14.6 Å². The zero-order valence-corrected chi connectivity index (χ0v) is 23.4. The van der Waals surface area contributed by atoms with Gasteiger partial charge in [0.25, 0.3) is 0 Å². The van der Waals surface area contributed by atoms with Crippen LogP contribution in [0.25, 0.3) is 11.2 Å². The number of unbranched alkanes of at least 4 members (excludes halogenated alkanes) is 1. The van der Waals surface area contributed by atoms with Crippen molar-refractivity contribution in [2.75, 3.05) is 39.2 Å². The van der Waals surface area contributed by atoms with Gasteiger partial charge in [0, 0.05) is 12.5 Å². The van der Waals surface area contributed by atoms with Gasteiger partial charge in [-0.1, -0.05) is 39.0 Å². The first-order valence-electron chi connectivity index (χ1n) is 13.1. The predicted octanol–water partition coefficient (Wildman–Crippen LogP) is 3.48. The number of benzene rings is 1. The number of imidazole rings is 1. The first-order chi connectivity index (χ1) is 19.4. The first kappa shape index (κ1) is 32.2. The fourth-order valence-corrected chi connectivity index (χ4v) is 5.62. The molecule has 0 spiro atoms. The standard InChI is InChI=1S/C25H35N6O8P.CH4/c1-3-4-12-36-20(33)14-28-40(34,39-18-8-6-5-7-9-18)37-15-19-13-17(10-11-32)24(38-19)31-16-27-21-22(31)29-25(26)30-23(21)35-2;/h5-9,16-17,19,24,32H,3-4,10-15H2,1-2H3,(H,28,34)(H2,26,29,30);1H4. The SMILES string of the molecule is C.CCCCOC(=O)CNP(=O)(OCC1CC(CCO)C(n2cnc3c(OC)nc(N)nc32)O1)Oc1ccccc1. The molecule has 41 heavy (non-hydrogen) atoms. The van der Waals surface area contributed by atoms with Gasteiger partial charge in [0.15, 0.2) is 11.2 Å². The molecule has 3 heterocycles. The molecule has 14 nitrogen and oxygen atoms in total. The summed E-state index contributed by atoms with van der Waals surface area (Å²) in [5.74, 6) is -0.166. The number of fused-ring (bicyclic) bond motifs is 1. The highest BCUT2D eigenvalue weighted by atomic mass is 31.2. The quantitative estimate of drug-likeness (QED) is 0.132. The smallest absolute Gasteiger partial charge is 0.459 e. The molecule has 0 saturated carbocycles. The van der Waals surface area contributed by atoms with E-state index < -0.39 is 26.0 Å². The number of hydrogen-bond donors (Lipinski definition) is 3. The third-order valence-corrected chi connectivity index (χ3v) is 7.74. The van der Waals surface area contributed by atoms with Crippen LogP contribution >= 0.6 is 7.75 Å². The zero-order chi connectivity index (χ0) is 28.5. The second-order valence-corrected chi connectivity index (χ2v) is 10.9. The highest BCUT2D eigenvalue weighted by molar-refractivity contribution is 7.52. The van der Waals surface area contributed by atoms with Gasteiger partial charge in [-0.15, -0.1) is 0 Å². The third kappa shape index (κ3) is 8.37. The minimum Gasteiger partial charge on any atom is -0.479 e. The number of nitrogens with one attached hydrogen (secondary N) is 1. The summed E-state index contributed by atoms with van der Waals surface area (Å²) in [6.07, 6.45) is 2.97. The van der Waals surface area contributed by atoms with E-state index in [0.717, 1.165) is 12.8 Å². The van der Waals surface area contributed by atoms with E-state index in [1.54, 1.807) is 41.2 Å². The van der Waals surface area contributed by atoms with Gasteiger partial charge in [0.2, 0.25) is 11.8 Å². The van der Waals surface area contributed by atoms with Crippen LogP contribution in [0.2, 0.25) is 0 Å². The van der Waals surface area contributed by atoms with Crippen molar-refractivity contribution in [2.24, 2.45) is 5.92 Å². The molecule has 1 aliphatic rings. The number of aliphatic hydroxyl groups excluding tert-OH is 1. The summed E-state index contributed by atoms with van der Waals surface area (Å²) < 4.78 is 43.5. The van der Waals surface area contributed by atoms with Gasteiger partial charge in [0.1, 0.15) is 18.5 Å². The van der Waals surface area contributed by atoms with Crippen molar-refractivity contribution in [3.05, 3.63) is 36.7 Å². The lowest BCUT2D eigenvalue weighted by molar-refractivity contribution is -0.142. The molecular weight excluding hydrogens is 555 g/mol. The largest absolute Gasteiger partial charge is 0.479 e. The summed E-state index contributed by atoms with van der Waals surface area (Å²) in [6, 6.07) is 8.50. The van der Waals surface area contributed by atoms with Crippen LogP contribution in [0.15, 0.2) is 36.7 Å². The molecule has 0 bridgehead atoms. The molecule has 0 radical (unpaired) electrons. The molecule has 0 aliphatic carbocycles. The van der Waals surface area contributed by atoms with Crippen molar-refractivity contribution in [3.8, 4) is 11.6 Å². The summed E-state index contributed by atoms with van der Waals surface area (Å²) >= 11 is 0. The van der Waals surface area contributed by atoms with E-state index in [1.807, 2.05) is 6.92 Å². The lowest BCUT2D eigenvalue weighted by Gasteiger charge is -2.22. The number of para-hydroxylation sites is 1. The van der Waals surface area contributed by atoms with Crippen LogP contribution in [0, 0.1) is 5.92 Å². The number of nitrogen functional groups attached to an aromatic ring is 1. The van der Waals surface area contributed by atoms with Crippen molar-refractivity contribution >= 4 is 30.8 Å². The van der Waals surface area contributed by atoms with Crippen molar-refractivity contribution in [2.45, 2.75) is 52.4 Å². The van der Waals surface area contributed by atoms with Gasteiger partial charge < -0.3 is 29.6 Å². The average Bonchev–Trinajstić information content (AvgIpc) is 3.55. The Morgan fingerprint density at radius 2 is 2.07 bits per heavy atom. The van der Waals surface area contributed by atoms with E-state index in [9.17, 15) is 14.5 Å². The molecule has 4 atom stereocenters. The van der Waals surface area contributed by atoms with Crippen LogP contribution < -0.4 is 20.1 Å². The van der Waals surface area contributed by atoms with E-state index in [2.05, 4.69) is 20.0 Å². The number of nitrogens with zero attached hydrogens (tertiary/aromatic N) is 4. The maximum Gasteiger partial charge on any atom is 0.459 e. The summed E-state index contributed by atoms with van der Waals surface area (Å²) in [5.41, 5.74) is 6.69. The summed E-state index contributed by atoms with van der Waals surface area (Å²) in [7, 11) is -2.55. The van der Waals surface area contributed by atoms with Gasteiger partial charge in [-0.2, -0.15) is 9.97 Å². The van der Waals surface area contributed by atoms with Crippen LogP contribution in [-0.4, -0.2) is 70.2 Å². The van der Waals surface area contributed by atoms with E-state index in [-0.39, 0.29) is 51.5 Å². The summed E-state index contributed by atoms with van der Waals surface area (Å²) in [6.45, 7) is 1.71. The molecule has 1 aromatic carbocycles. The molecule has 4 unspecified atom stereocenters. The normalized spacial score (nSPS) is 19.8. The number of carbonyl (C=O) groups excluding carboxylic acids is 1. The number of hydrogen-bond acceptors (Lipinski definition) is 12. The van der Waals surface area contributed by atoms with Gasteiger partial charge in [-0.3, -0.25) is 13.9 Å². The number of aromatic nitrogens is 4.